The number of benzene rings is 1. The molecule has 0 aliphatic carbocycles. The first-order valence-electron chi connectivity index (χ1n) is 9.77. The van der Waals surface area contributed by atoms with E-state index in [1.54, 1.807) is 0 Å². The first-order valence-corrected chi connectivity index (χ1v) is 9.77. The highest BCUT2D eigenvalue weighted by Gasteiger charge is 2.29. The lowest BCUT2D eigenvalue weighted by atomic mass is 9.92. The zero-order valence-electron chi connectivity index (χ0n) is 16.6. The number of anilines is 1. The number of rotatable bonds is 13. The molecule has 0 spiro atoms. The molecule has 0 heterocycles. The normalized spacial score (nSPS) is 11.4. The maximum absolute atomic E-state index is 11.3. The van der Waals surface area contributed by atoms with Crippen LogP contribution in [0.15, 0.2) is 24.3 Å². The van der Waals surface area contributed by atoms with E-state index in [1.165, 1.54) is 44.7 Å². The fraction of sp³-hybridized carbons (Fsp3) is 0.667. The molecule has 0 saturated heterocycles. The van der Waals surface area contributed by atoms with E-state index in [4.69, 9.17) is 0 Å². The van der Waals surface area contributed by atoms with Crippen LogP contribution in [0, 0.1) is 0 Å². The van der Waals surface area contributed by atoms with Crippen LogP contribution in [0.25, 0.3) is 0 Å². The van der Waals surface area contributed by atoms with Crippen molar-refractivity contribution < 1.29 is 15.0 Å². The Morgan fingerprint density at radius 3 is 2.23 bits per heavy atom. The number of hydrogen-bond donors (Lipinski definition) is 3. The van der Waals surface area contributed by atoms with Gasteiger partial charge in [0.2, 0.25) is 5.91 Å². The lowest BCUT2D eigenvalue weighted by Crippen LogP contribution is -2.53. The summed E-state index contributed by atoms with van der Waals surface area (Å²) >= 11 is 0. The number of nitrogens with one attached hydrogen (secondary N) is 1. The van der Waals surface area contributed by atoms with Gasteiger partial charge < -0.3 is 20.4 Å². The lowest BCUT2D eigenvalue weighted by Gasteiger charge is -2.30. The van der Waals surface area contributed by atoms with Gasteiger partial charge in [0.05, 0.1) is 18.8 Å². The average molecular weight is 365 g/mol. The average Bonchev–Trinajstić information content (AvgIpc) is 2.65. The second-order valence-corrected chi connectivity index (χ2v) is 7.28. The molecule has 26 heavy (non-hydrogen) atoms. The van der Waals surface area contributed by atoms with Crippen molar-refractivity contribution in [3.8, 4) is 0 Å². The van der Waals surface area contributed by atoms with Gasteiger partial charge in [-0.2, -0.15) is 0 Å². The molecule has 0 atom stereocenters. The van der Waals surface area contributed by atoms with Gasteiger partial charge in [-0.25, -0.2) is 0 Å². The molecule has 5 heteroatoms. The van der Waals surface area contributed by atoms with E-state index in [0.29, 0.717) is 12.8 Å². The van der Waals surface area contributed by atoms with Gasteiger partial charge in [-0.3, -0.25) is 4.79 Å². The van der Waals surface area contributed by atoms with Gasteiger partial charge >= 0.3 is 0 Å². The minimum absolute atomic E-state index is 0.246. The van der Waals surface area contributed by atoms with Crippen molar-refractivity contribution in [2.75, 3.05) is 31.7 Å². The number of aliphatic hydroxyl groups is 2. The SMILES string of the molecule is CCCCCCCN(C)c1ccc(CCC(CO)(CO)NC(C)=O)cc1. The molecule has 0 bridgehead atoms. The predicted molar refractivity (Wildman–Crippen MR) is 108 cm³/mol. The van der Waals surface area contributed by atoms with Crippen LogP contribution < -0.4 is 10.2 Å². The molecule has 0 fully saturated rings. The predicted octanol–water partition coefficient (Wildman–Crippen LogP) is 2.89. The van der Waals surface area contributed by atoms with Gasteiger partial charge in [-0.1, -0.05) is 44.7 Å². The highest BCUT2D eigenvalue weighted by molar-refractivity contribution is 5.73. The van der Waals surface area contributed by atoms with Crippen molar-refractivity contribution >= 4 is 11.6 Å². The quantitative estimate of drug-likeness (QED) is 0.471. The minimum atomic E-state index is -0.959. The molecule has 1 aromatic rings. The summed E-state index contributed by atoms with van der Waals surface area (Å²) < 4.78 is 0. The highest BCUT2D eigenvalue weighted by atomic mass is 16.3. The maximum atomic E-state index is 11.3. The van der Waals surface area contributed by atoms with Crippen LogP contribution in [0.3, 0.4) is 0 Å². The van der Waals surface area contributed by atoms with E-state index in [2.05, 4.69) is 48.5 Å². The topological polar surface area (TPSA) is 72.8 Å². The van der Waals surface area contributed by atoms with Crippen molar-refractivity contribution in [1.82, 2.24) is 5.32 Å². The summed E-state index contributed by atoms with van der Waals surface area (Å²) in [7, 11) is 2.12. The summed E-state index contributed by atoms with van der Waals surface area (Å²) in [5.41, 5.74) is 1.36. The van der Waals surface area contributed by atoms with Crippen molar-refractivity contribution in [2.24, 2.45) is 0 Å². The number of nitrogens with zero attached hydrogens (tertiary/aromatic N) is 1. The number of hydrogen-bond acceptors (Lipinski definition) is 4. The smallest absolute Gasteiger partial charge is 0.217 e. The van der Waals surface area contributed by atoms with Crippen LogP contribution in [0.4, 0.5) is 5.69 Å². The Kier molecular flexibility index (Phi) is 10.3. The molecule has 3 N–H and O–H groups in total. The summed E-state index contributed by atoms with van der Waals surface area (Å²) in [5.74, 6) is -0.246. The fourth-order valence-corrected chi connectivity index (χ4v) is 3.11. The number of carbonyl (C=O) groups excluding carboxylic acids is 1. The third-order valence-corrected chi connectivity index (χ3v) is 4.91. The number of amides is 1. The zero-order chi connectivity index (χ0) is 19.4. The summed E-state index contributed by atoms with van der Waals surface area (Å²) in [4.78, 5) is 13.6. The van der Waals surface area contributed by atoms with Crippen LogP contribution >= 0.6 is 0 Å². The van der Waals surface area contributed by atoms with Crippen molar-refractivity contribution in [1.29, 1.82) is 0 Å². The zero-order valence-corrected chi connectivity index (χ0v) is 16.6. The van der Waals surface area contributed by atoms with E-state index < -0.39 is 5.54 Å². The Bertz CT molecular complexity index is 512. The highest BCUT2D eigenvalue weighted by Crippen LogP contribution is 2.19. The molecular weight excluding hydrogens is 328 g/mol. The Balaban J connectivity index is 2.52. The second-order valence-electron chi connectivity index (χ2n) is 7.28. The summed E-state index contributed by atoms with van der Waals surface area (Å²) in [5, 5.41) is 21.8. The molecule has 0 aromatic heterocycles. The molecule has 0 aliphatic heterocycles. The monoisotopic (exact) mass is 364 g/mol. The Hall–Kier alpha value is -1.59. The number of carbonyl (C=O) groups is 1. The molecule has 0 radical (unpaired) electrons. The molecule has 0 unspecified atom stereocenters. The molecule has 1 rings (SSSR count). The molecule has 0 aliphatic rings. The van der Waals surface area contributed by atoms with Gasteiger partial charge in [0.25, 0.3) is 0 Å². The van der Waals surface area contributed by atoms with Gasteiger partial charge in [0.15, 0.2) is 0 Å². The van der Waals surface area contributed by atoms with Crippen LogP contribution in [0.2, 0.25) is 0 Å². The van der Waals surface area contributed by atoms with Crippen molar-refractivity contribution in [2.45, 2.75) is 64.3 Å². The van der Waals surface area contributed by atoms with Gasteiger partial charge in [-0.15, -0.1) is 0 Å². The summed E-state index contributed by atoms with van der Waals surface area (Å²) in [6.07, 6.45) is 7.57. The van der Waals surface area contributed by atoms with Crippen molar-refractivity contribution in [3.63, 3.8) is 0 Å². The largest absolute Gasteiger partial charge is 0.394 e. The standard InChI is InChI=1S/C21H36N2O3/c1-4-5-6-7-8-15-23(3)20-11-9-19(10-12-20)13-14-21(16-24,17-25)22-18(2)26/h9-12,24-25H,4-8,13-17H2,1-3H3,(H,22,26). The molecule has 148 valence electrons. The van der Waals surface area contributed by atoms with Crippen molar-refractivity contribution in [3.05, 3.63) is 29.8 Å². The summed E-state index contributed by atoms with van der Waals surface area (Å²) in [6.45, 7) is 4.13. The van der Waals surface area contributed by atoms with Crippen LogP contribution in [-0.2, 0) is 11.2 Å². The van der Waals surface area contributed by atoms with Gasteiger partial charge in [0.1, 0.15) is 0 Å². The van der Waals surface area contributed by atoms with Crippen LogP contribution in [0.5, 0.6) is 0 Å². The molecular formula is C21H36N2O3. The first kappa shape index (κ1) is 22.5. The van der Waals surface area contributed by atoms with E-state index in [0.717, 1.165) is 12.1 Å². The summed E-state index contributed by atoms with van der Waals surface area (Å²) in [6, 6.07) is 8.38. The van der Waals surface area contributed by atoms with Crippen LogP contribution in [0.1, 0.15) is 57.9 Å². The third-order valence-electron chi connectivity index (χ3n) is 4.91. The molecule has 1 aromatic carbocycles. The fourth-order valence-electron chi connectivity index (χ4n) is 3.11. The van der Waals surface area contributed by atoms with Crippen LogP contribution in [-0.4, -0.2) is 48.5 Å². The van der Waals surface area contributed by atoms with Gasteiger partial charge in [0, 0.05) is 26.2 Å². The Morgan fingerprint density at radius 2 is 1.69 bits per heavy atom. The molecule has 1 amide bonds. The second kappa shape index (κ2) is 11.9. The number of unbranched alkanes of at least 4 members (excludes halogenated alkanes) is 4. The maximum Gasteiger partial charge on any atom is 0.217 e. The number of aryl methyl sites for hydroxylation is 1. The van der Waals surface area contributed by atoms with E-state index >= 15 is 0 Å². The van der Waals surface area contributed by atoms with E-state index in [1.807, 2.05) is 0 Å². The lowest BCUT2D eigenvalue weighted by molar-refractivity contribution is -0.122. The molecule has 5 nitrogen and oxygen atoms in total. The molecule has 0 saturated carbocycles. The number of aliphatic hydroxyl groups excluding tert-OH is 2. The van der Waals surface area contributed by atoms with E-state index in [-0.39, 0.29) is 19.1 Å². The van der Waals surface area contributed by atoms with Gasteiger partial charge in [-0.05, 0) is 37.0 Å². The third kappa shape index (κ3) is 7.75. The Labute approximate surface area is 158 Å². The Morgan fingerprint density at radius 1 is 1.08 bits per heavy atom. The first-order chi connectivity index (χ1) is 12.5. The van der Waals surface area contributed by atoms with E-state index in [9.17, 15) is 15.0 Å². The minimum Gasteiger partial charge on any atom is -0.394 e.